The van der Waals surface area contributed by atoms with Crippen molar-refractivity contribution in [2.75, 3.05) is 10.6 Å². The molecule has 0 unspecified atom stereocenters. The van der Waals surface area contributed by atoms with Gasteiger partial charge in [0.25, 0.3) is 0 Å². The molecule has 1 aliphatic carbocycles. The van der Waals surface area contributed by atoms with Gasteiger partial charge >= 0.3 is 6.18 Å². The first kappa shape index (κ1) is 23.1. The van der Waals surface area contributed by atoms with Crippen LogP contribution in [0.5, 0.6) is 0 Å². The Kier molecular flexibility index (Phi) is 6.86. The van der Waals surface area contributed by atoms with E-state index in [4.69, 9.17) is 0 Å². The molecule has 1 aliphatic rings. The Morgan fingerprint density at radius 3 is 2.12 bits per heavy atom. The molecule has 1 aromatic heterocycles. The Hall–Kier alpha value is -3.09. The van der Waals surface area contributed by atoms with Gasteiger partial charge in [0.1, 0.15) is 11.4 Å². The first-order valence-corrected chi connectivity index (χ1v) is 11.4. The van der Waals surface area contributed by atoms with Gasteiger partial charge in [0.05, 0.1) is 0 Å². The number of anilines is 4. The van der Waals surface area contributed by atoms with Crippen LogP contribution in [-0.2, 0) is 12.6 Å². The molecule has 0 radical (unpaired) electrons. The maximum absolute atomic E-state index is 13.6. The monoisotopic (exact) mass is 454 g/mol. The highest BCUT2D eigenvalue weighted by molar-refractivity contribution is 5.63. The molecule has 0 amide bonds. The summed E-state index contributed by atoms with van der Waals surface area (Å²) in [5.74, 6) is 0.933. The minimum Gasteiger partial charge on any atom is -0.340 e. The quantitative estimate of drug-likeness (QED) is 0.382. The molecule has 3 aromatic rings. The van der Waals surface area contributed by atoms with Gasteiger partial charge in [-0.15, -0.1) is 0 Å². The molecule has 0 spiro atoms. The zero-order chi connectivity index (χ0) is 23.4. The van der Waals surface area contributed by atoms with E-state index in [0.717, 1.165) is 23.9 Å². The van der Waals surface area contributed by atoms with Gasteiger partial charge in [0.15, 0.2) is 0 Å². The van der Waals surface area contributed by atoms with E-state index in [1.54, 1.807) is 12.1 Å². The number of aromatic nitrogens is 2. The van der Waals surface area contributed by atoms with E-state index < -0.39 is 11.7 Å². The molecule has 4 rings (SSSR count). The van der Waals surface area contributed by atoms with Crippen molar-refractivity contribution in [3.63, 3.8) is 0 Å². The number of rotatable bonds is 7. The van der Waals surface area contributed by atoms with Gasteiger partial charge in [0, 0.05) is 17.6 Å². The second kappa shape index (κ2) is 9.81. The van der Waals surface area contributed by atoms with Crippen molar-refractivity contribution in [2.24, 2.45) is 5.92 Å². The second-order valence-corrected chi connectivity index (χ2v) is 9.10. The van der Waals surface area contributed by atoms with Crippen molar-refractivity contribution in [1.82, 2.24) is 9.97 Å². The zero-order valence-electron chi connectivity index (χ0n) is 18.9. The Labute approximate surface area is 192 Å². The maximum Gasteiger partial charge on any atom is 0.421 e. The van der Waals surface area contributed by atoms with Crippen LogP contribution in [0.1, 0.15) is 62.1 Å². The first-order chi connectivity index (χ1) is 15.8. The molecule has 174 valence electrons. The summed E-state index contributed by atoms with van der Waals surface area (Å²) < 4.78 is 40.7. The van der Waals surface area contributed by atoms with Crippen molar-refractivity contribution < 1.29 is 13.2 Å². The fourth-order valence-electron chi connectivity index (χ4n) is 4.30. The normalized spacial score (nSPS) is 14.6. The molecule has 0 bridgehead atoms. The van der Waals surface area contributed by atoms with E-state index in [1.165, 1.54) is 31.2 Å². The van der Waals surface area contributed by atoms with E-state index in [1.807, 2.05) is 24.3 Å². The molecular formula is C26H29F3N4. The lowest BCUT2D eigenvalue weighted by molar-refractivity contribution is -0.137. The molecule has 7 heteroatoms. The standard InChI is InChI=1S/C26H29F3N4/c1-17(2)15-18-7-11-21(12-8-18)31-24-23(26(27,28)29)16-30-25(33-24)32-22-13-9-20(10-14-22)19-5-3-4-6-19/h7-14,16-17,19H,3-6,15H2,1-2H3,(H2,30,31,32,33). The highest BCUT2D eigenvalue weighted by Gasteiger charge is 2.35. The predicted octanol–water partition coefficient (Wildman–Crippen LogP) is 7.84. The molecule has 1 fully saturated rings. The van der Waals surface area contributed by atoms with Crippen LogP contribution in [0.4, 0.5) is 36.3 Å². The molecule has 0 saturated heterocycles. The largest absolute Gasteiger partial charge is 0.421 e. The number of nitrogens with zero attached hydrogens (tertiary/aromatic N) is 2. The van der Waals surface area contributed by atoms with Crippen molar-refractivity contribution in [1.29, 1.82) is 0 Å². The molecule has 0 atom stereocenters. The molecule has 2 aromatic carbocycles. The molecular weight excluding hydrogens is 425 g/mol. The third-order valence-corrected chi connectivity index (χ3v) is 5.95. The number of nitrogens with one attached hydrogen (secondary N) is 2. The lowest BCUT2D eigenvalue weighted by atomic mass is 9.98. The fraction of sp³-hybridized carbons (Fsp3) is 0.385. The SMILES string of the molecule is CC(C)Cc1ccc(Nc2nc(Nc3ccc(C4CCCC4)cc3)ncc2C(F)(F)F)cc1. The van der Waals surface area contributed by atoms with Crippen LogP contribution in [0.2, 0.25) is 0 Å². The smallest absolute Gasteiger partial charge is 0.340 e. The maximum atomic E-state index is 13.6. The summed E-state index contributed by atoms with van der Waals surface area (Å²) in [4.78, 5) is 8.05. The average Bonchev–Trinajstić information content (AvgIpc) is 3.30. The average molecular weight is 455 g/mol. The van der Waals surface area contributed by atoms with Crippen molar-refractivity contribution in [3.8, 4) is 0 Å². The summed E-state index contributed by atoms with van der Waals surface area (Å²) >= 11 is 0. The molecule has 4 nitrogen and oxygen atoms in total. The van der Waals surface area contributed by atoms with Gasteiger partial charge < -0.3 is 10.6 Å². The van der Waals surface area contributed by atoms with Crippen LogP contribution in [0, 0.1) is 5.92 Å². The van der Waals surface area contributed by atoms with E-state index in [0.29, 0.717) is 17.5 Å². The lowest BCUT2D eigenvalue weighted by Gasteiger charge is -2.16. The van der Waals surface area contributed by atoms with E-state index in [9.17, 15) is 13.2 Å². The number of benzene rings is 2. The molecule has 2 N–H and O–H groups in total. The molecule has 0 aliphatic heterocycles. The third kappa shape index (κ3) is 6.03. The van der Waals surface area contributed by atoms with Crippen molar-refractivity contribution >= 4 is 23.1 Å². The minimum absolute atomic E-state index is 0.107. The lowest BCUT2D eigenvalue weighted by Crippen LogP contribution is -2.12. The van der Waals surface area contributed by atoms with Gasteiger partial charge in [-0.3, -0.25) is 0 Å². The topological polar surface area (TPSA) is 49.8 Å². The van der Waals surface area contributed by atoms with Crippen LogP contribution in [0.3, 0.4) is 0 Å². The molecule has 1 heterocycles. The van der Waals surface area contributed by atoms with E-state index in [-0.39, 0.29) is 11.8 Å². The van der Waals surface area contributed by atoms with Crippen LogP contribution < -0.4 is 10.6 Å². The predicted molar refractivity (Wildman–Crippen MR) is 126 cm³/mol. The van der Waals surface area contributed by atoms with Gasteiger partial charge in [-0.2, -0.15) is 18.2 Å². The Bertz CT molecular complexity index is 1050. The number of halogens is 3. The summed E-state index contributed by atoms with van der Waals surface area (Å²) in [6.07, 6.45) is 2.11. The number of hydrogen-bond donors (Lipinski definition) is 2. The Balaban J connectivity index is 1.53. The first-order valence-electron chi connectivity index (χ1n) is 11.4. The highest BCUT2D eigenvalue weighted by Crippen LogP contribution is 2.36. The van der Waals surface area contributed by atoms with Crippen LogP contribution in [0.25, 0.3) is 0 Å². The summed E-state index contributed by atoms with van der Waals surface area (Å²) in [6.45, 7) is 4.25. The van der Waals surface area contributed by atoms with Crippen LogP contribution >= 0.6 is 0 Å². The van der Waals surface area contributed by atoms with E-state index >= 15 is 0 Å². The van der Waals surface area contributed by atoms with Crippen molar-refractivity contribution in [2.45, 2.75) is 58.0 Å². The zero-order valence-corrected chi connectivity index (χ0v) is 18.9. The minimum atomic E-state index is -4.57. The fourth-order valence-corrected chi connectivity index (χ4v) is 4.30. The number of hydrogen-bond acceptors (Lipinski definition) is 4. The Morgan fingerprint density at radius 1 is 0.909 bits per heavy atom. The van der Waals surface area contributed by atoms with E-state index in [2.05, 4.69) is 46.6 Å². The summed E-state index contributed by atoms with van der Waals surface area (Å²) in [7, 11) is 0. The number of alkyl halides is 3. The molecule has 1 saturated carbocycles. The summed E-state index contributed by atoms with van der Waals surface area (Å²) in [5.41, 5.74) is 2.81. The third-order valence-electron chi connectivity index (χ3n) is 5.95. The van der Waals surface area contributed by atoms with Gasteiger partial charge in [-0.05, 0) is 66.5 Å². The second-order valence-electron chi connectivity index (χ2n) is 9.10. The van der Waals surface area contributed by atoms with Crippen molar-refractivity contribution in [3.05, 3.63) is 71.4 Å². The highest BCUT2D eigenvalue weighted by atomic mass is 19.4. The van der Waals surface area contributed by atoms with Crippen LogP contribution in [0.15, 0.2) is 54.7 Å². The Morgan fingerprint density at radius 2 is 1.52 bits per heavy atom. The summed E-state index contributed by atoms with van der Waals surface area (Å²) in [6, 6.07) is 15.4. The van der Waals surface area contributed by atoms with Crippen LogP contribution in [-0.4, -0.2) is 9.97 Å². The molecule has 33 heavy (non-hydrogen) atoms. The van der Waals surface area contributed by atoms with Gasteiger partial charge in [-0.1, -0.05) is 51.0 Å². The summed E-state index contributed by atoms with van der Waals surface area (Å²) in [5, 5.41) is 5.85. The van der Waals surface area contributed by atoms with Gasteiger partial charge in [0.2, 0.25) is 5.95 Å². The van der Waals surface area contributed by atoms with Gasteiger partial charge in [-0.25, -0.2) is 4.98 Å².